The summed E-state index contributed by atoms with van der Waals surface area (Å²) >= 11 is 0. The maximum atomic E-state index is 11.7. The van der Waals surface area contributed by atoms with Crippen molar-refractivity contribution in [2.24, 2.45) is 11.8 Å². The molecule has 0 radical (unpaired) electrons. The van der Waals surface area contributed by atoms with Crippen molar-refractivity contribution in [3.63, 3.8) is 0 Å². The van der Waals surface area contributed by atoms with Crippen LogP contribution in [-0.2, 0) is 14.3 Å². The van der Waals surface area contributed by atoms with Crippen molar-refractivity contribution >= 4 is 12.3 Å². The molecule has 19 heavy (non-hydrogen) atoms. The molecular weight excluding hydrogens is 244 g/mol. The number of hydrogen-bond acceptors (Lipinski definition) is 4. The van der Waals surface area contributed by atoms with Crippen LogP contribution in [-0.4, -0.2) is 29.6 Å². The normalized spacial score (nSPS) is 41.3. The van der Waals surface area contributed by atoms with Gasteiger partial charge in [-0.1, -0.05) is 13.0 Å². The standard InChI is InChI=1S/C15H20O4/c1-9-7-14-12(10(2)15(18)19-14)5-3-11(8-16)4-6-13(9)17/h4,7-8,10,12-14,17H,3,5-6H2,1-2H3/b9-7+,11-4+/t10-,12-,13-,14+/m0/s1. The third-order valence-corrected chi connectivity index (χ3v) is 4.16. The Kier molecular flexibility index (Phi) is 4.20. The smallest absolute Gasteiger partial charge is 0.309 e. The highest BCUT2D eigenvalue weighted by molar-refractivity contribution is 5.75. The van der Waals surface area contributed by atoms with Crippen LogP contribution >= 0.6 is 0 Å². The van der Waals surface area contributed by atoms with E-state index in [2.05, 4.69) is 0 Å². The molecule has 0 spiro atoms. The van der Waals surface area contributed by atoms with Crippen LogP contribution in [0.3, 0.4) is 0 Å². The van der Waals surface area contributed by atoms with E-state index in [9.17, 15) is 14.7 Å². The Bertz CT molecular complexity index is 435. The Morgan fingerprint density at radius 2 is 2.21 bits per heavy atom. The molecule has 0 amide bonds. The summed E-state index contributed by atoms with van der Waals surface area (Å²) in [7, 11) is 0. The van der Waals surface area contributed by atoms with Gasteiger partial charge in [0.05, 0.1) is 12.0 Å². The van der Waals surface area contributed by atoms with Crippen LogP contribution in [0.25, 0.3) is 0 Å². The van der Waals surface area contributed by atoms with E-state index in [1.807, 2.05) is 19.9 Å². The zero-order valence-electron chi connectivity index (χ0n) is 11.3. The van der Waals surface area contributed by atoms with E-state index in [-0.39, 0.29) is 23.9 Å². The van der Waals surface area contributed by atoms with Gasteiger partial charge in [0.15, 0.2) is 0 Å². The second-order valence-corrected chi connectivity index (χ2v) is 5.45. The SMILES string of the molecule is C/C1=C\[C@H]2OC(=O)[C@@H](C)[C@@H]2CC/C(C=O)=C\C[C@@H]1O. The second kappa shape index (κ2) is 5.70. The fourth-order valence-corrected chi connectivity index (χ4v) is 2.72. The Morgan fingerprint density at radius 1 is 1.47 bits per heavy atom. The molecule has 104 valence electrons. The summed E-state index contributed by atoms with van der Waals surface area (Å²) in [5, 5.41) is 10.00. The number of hydrogen-bond donors (Lipinski definition) is 1. The average Bonchev–Trinajstić information content (AvgIpc) is 2.65. The quantitative estimate of drug-likeness (QED) is 0.445. The van der Waals surface area contributed by atoms with Gasteiger partial charge in [-0.2, -0.15) is 0 Å². The van der Waals surface area contributed by atoms with Crippen LogP contribution in [0.15, 0.2) is 23.3 Å². The second-order valence-electron chi connectivity index (χ2n) is 5.45. The van der Waals surface area contributed by atoms with Gasteiger partial charge in [0.2, 0.25) is 0 Å². The highest BCUT2D eigenvalue weighted by Crippen LogP contribution is 2.35. The van der Waals surface area contributed by atoms with Crippen LogP contribution in [0, 0.1) is 11.8 Å². The first-order valence-corrected chi connectivity index (χ1v) is 6.74. The highest BCUT2D eigenvalue weighted by Gasteiger charge is 2.40. The van der Waals surface area contributed by atoms with Gasteiger partial charge in [0, 0.05) is 5.92 Å². The summed E-state index contributed by atoms with van der Waals surface area (Å²) < 4.78 is 5.36. The van der Waals surface area contributed by atoms with E-state index < -0.39 is 6.10 Å². The van der Waals surface area contributed by atoms with E-state index in [1.165, 1.54) is 0 Å². The minimum atomic E-state index is -0.622. The molecule has 2 aliphatic rings. The van der Waals surface area contributed by atoms with Crippen molar-refractivity contribution < 1.29 is 19.4 Å². The van der Waals surface area contributed by atoms with Gasteiger partial charge >= 0.3 is 5.97 Å². The molecule has 0 bridgehead atoms. The van der Waals surface area contributed by atoms with Gasteiger partial charge in [-0.25, -0.2) is 0 Å². The minimum absolute atomic E-state index is 0.0797. The van der Waals surface area contributed by atoms with Crippen LogP contribution < -0.4 is 0 Å². The van der Waals surface area contributed by atoms with Crippen molar-refractivity contribution in [3.05, 3.63) is 23.3 Å². The topological polar surface area (TPSA) is 63.6 Å². The average molecular weight is 264 g/mol. The van der Waals surface area contributed by atoms with Gasteiger partial charge in [-0.05, 0) is 43.4 Å². The molecule has 1 N–H and O–H groups in total. The third kappa shape index (κ3) is 2.95. The van der Waals surface area contributed by atoms with Crippen molar-refractivity contribution in [2.75, 3.05) is 0 Å². The molecule has 1 heterocycles. The van der Waals surface area contributed by atoms with Crippen molar-refractivity contribution in [1.29, 1.82) is 0 Å². The predicted octanol–water partition coefficient (Wildman–Crippen LogP) is 1.78. The summed E-state index contributed by atoms with van der Waals surface area (Å²) in [4.78, 5) is 22.7. The molecule has 4 atom stereocenters. The minimum Gasteiger partial charge on any atom is -0.458 e. The number of esters is 1. The molecular formula is C15H20O4. The fourth-order valence-electron chi connectivity index (χ4n) is 2.72. The summed E-state index contributed by atoms with van der Waals surface area (Å²) in [5.74, 6) is -0.265. The Morgan fingerprint density at radius 3 is 2.89 bits per heavy atom. The number of carbonyl (C=O) groups is 2. The van der Waals surface area contributed by atoms with Crippen LogP contribution in [0.5, 0.6) is 0 Å². The van der Waals surface area contributed by atoms with Crippen LogP contribution in [0.2, 0.25) is 0 Å². The summed E-state index contributed by atoms with van der Waals surface area (Å²) in [6.45, 7) is 3.69. The highest BCUT2D eigenvalue weighted by atomic mass is 16.6. The van der Waals surface area contributed by atoms with E-state index in [0.29, 0.717) is 18.4 Å². The molecule has 4 heteroatoms. The first kappa shape index (κ1) is 14.0. The number of fused-ring (bicyclic) bond motifs is 1. The predicted molar refractivity (Wildman–Crippen MR) is 70.3 cm³/mol. The van der Waals surface area contributed by atoms with Crippen LogP contribution in [0.4, 0.5) is 0 Å². The van der Waals surface area contributed by atoms with Gasteiger partial charge in [-0.3, -0.25) is 9.59 Å². The number of ether oxygens (including phenoxy) is 1. The third-order valence-electron chi connectivity index (χ3n) is 4.16. The maximum absolute atomic E-state index is 11.7. The monoisotopic (exact) mass is 264 g/mol. The summed E-state index contributed by atoms with van der Waals surface area (Å²) in [5.41, 5.74) is 1.49. The van der Waals surface area contributed by atoms with Gasteiger partial charge in [-0.15, -0.1) is 0 Å². The van der Waals surface area contributed by atoms with E-state index in [0.717, 1.165) is 18.3 Å². The molecule has 0 saturated carbocycles. The molecule has 2 rings (SSSR count). The van der Waals surface area contributed by atoms with E-state index in [1.54, 1.807) is 6.08 Å². The Balaban J connectivity index is 2.29. The number of aliphatic hydroxyl groups is 1. The number of aliphatic hydroxyl groups excluding tert-OH is 1. The number of aldehydes is 1. The van der Waals surface area contributed by atoms with Crippen molar-refractivity contribution in [3.8, 4) is 0 Å². The van der Waals surface area contributed by atoms with Crippen molar-refractivity contribution in [1.82, 2.24) is 0 Å². The molecule has 0 aromatic carbocycles. The van der Waals surface area contributed by atoms with Gasteiger partial charge in [0.1, 0.15) is 12.4 Å². The van der Waals surface area contributed by atoms with E-state index >= 15 is 0 Å². The molecule has 0 aromatic heterocycles. The number of rotatable bonds is 1. The molecule has 1 aliphatic heterocycles. The first-order valence-electron chi connectivity index (χ1n) is 6.74. The zero-order valence-corrected chi connectivity index (χ0v) is 11.3. The lowest BCUT2D eigenvalue weighted by Crippen LogP contribution is -2.21. The van der Waals surface area contributed by atoms with Crippen LogP contribution in [0.1, 0.15) is 33.1 Å². The fraction of sp³-hybridized carbons (Fsp3) is 0.600. The molecule has 0 aromatic rings. The number of allylic oxidation sites excluding steroid dienone is 1. The molecule has 4 nitrogen and oxygen atoms in total. The van der Waals surface area contributed by atoms with Gasteiger partial charge < -0.3 is 9.84 Å². The summed E-state index contributed by atoms with van der Waals surface area (Å²) in [6.07, 6.45) is 5.40. The zero-order chi connectivity index (χ0) is 14.0. The van der Waals surface area contributed by atoms with E-state index in [4.69, 9.17) is 4.74 Å². The number of carbonyl (C=O) groups excluding carboxylic acids is 2. The lowest BCUT2D eigenvalue weighted by Gasteiger charge is -2.20. The summed E-state index contributed by atoms with van der Waals surface area (Å²) in [6, 6.07) is 0. The molecule has 0 unspecified atom stereocenters. The lowest BCUT2D eigenvalue weighted by atomic mass is 9.84. The molecule has 1 aliphatic carbocycles. The Labute approximate surface area is 113 Å². The molecule has 1 fully saturated rings. The Hall–Kier alpha value is -1.42. The van der Waals surface area contributed by atoms with Crippen molar-refractivity contribution in [2.45, 2.75) is 45.3 Å². The maximum Gasteiger partial charge on any atom is 0.309 e. The van der Waals surface area contributed by atoms with Gasteiger partial charge in [0.25, 0.3) is 0 Å². The first-order chi connectivity index (χ1) is 9.02. The molecule has 1 saturated heterocycles. The largest absolute Gasteiger partial charge is 0.458 e. The lowest BCUT2D eigenvalue weighted by molar-refractivity contribution is -0.142.